The van der Waals surface area contributed by atoms with Gasteiger partial charge in [-0.05, 0) is 68.1 Å². The van der Waals surface area contributed by atoms with E-state index in [-0.39, 0.29) is 12.2 Å². The van der Waals surface area contributed by atoms with Gasteiger partial charge in [0.25, 0.3) is 0 Å². The summed E-state index contributed by atoms with van der Waals surface area (Å²) >= 11 is 0. The Morgan fingerprint density at radius 3 is 2.22 bits per heavy atom. The van der Waals surface area contributed by atoms with Crippen molar-refractivity contribution >= 4 is 5.69 Å². The summed E-state index contributed by atoms with van der Waals surface area (Å²) in [5.41, 5.74) is 6.49. The van der Waals surface area contributed by atoms with Crippen molar-refractivity contribution in [1.82, 2.24) is 0 Å². The van der Waals surface area contributed by atoms with Gasteiger partial charge < -0.3 is 19.5 Å². The average Bonchev–Trinajstić information content (AvgIpc) is 2.77. The number of aryl methyl sites for hydroxylation is 2. The molecule has 168 valence electrons. The van der Waals surface area contributed by atoms with Gasteiger partial charge >= 0.3 is 0 Å². The minimum absolute atomic E-state index is 0.224. The number of methoxy groups -OCH3 is 1. The lowest BCUT2D eigenvalue weighted by Gasteiger charge is -2.44. The quantitative estimate of drug-likeness (QED) is 0.472. The first kappa shape index (κ1) is 22.4. The number of anilines is 1. The van der Waals surface area contributed by atoms with Gasteiger partial charge in [0.1, 0.15) is 23.6 Å². The van der Waals surface area contributed by atoms with Crippen molar-refractivity contribution in [1.29, 1.82) is 0 Å². The van der Waals surface area contributed by atoms with Crippen LogP contribution in [0.25, 0.3) is 0 Å². The minimum atomic E-state index is -0.521. The standard InChI is InChI=1S/C28H33NO3/c1-19-10-6-8-12-21(19)17-29-23-14-15-25-24(16-23)26(30-5)27(28(3,4)32-25)31-18-22-13-9-7-11-20(22)2/h6-16,26-27,29H,17-18H2,1-5H3. The average molecular weight is 432 g/mol. The number of benzene rings is 3. The van der Waals surface area contributed by atoms with Crippen molar-refractivity contribution in [3.05, 3.63) is 94.5 Å². The number of nitrogens with one attached hydrogen (secondary N) is 1. The number of fused-ring (bicyclic) bond motifs is 1. The molecule has 2 unspecified atom stereocenters. The third-order valence-corrected chi connectivity index (χ3v) is 6.33. The van der Waals surface area contributed by atoms with E-state index in [2.05, 4.69) is 81.5 Å². The topological polar surface area (TPSA) is 39.7 Å². The van der Waals surface area contributed by atoms with Gasteiger partial charge in [-0.2, -0.15) is 0 Å². The first-order valence-corrected chi connectivity index (χ1v) is 11.2. The molecular formula is C28H33NO3. The monoisotopic (exact) mass is 431 g/mol. The molecule has 1 aliphatic heterocycles. The van der Waals surface area contributed by atoms with E-state index < -0.39 is 5.60 Å². The summed E-state index contributed by atoms with van der Waals surface area (Å²) in [7, 11) is 1.74. The molecule has 0 aromatic heterocycles. The van der Waals surface area contributed by atoms with Gasteiger partial charge in [0, 0.05) is 24.9 Å². The molecule has 0 aliphatic carbocycles. The van der Waals surface area contributed by atoms with Gasteiger partial charge in [0.15, 0.2) is 0 Å². The van der Waals surface area contributed by atoms with Crippen LogP contribution in [0.15, 0.2) is 66.7 Å². The molecule has 1 N–H and O–H groups in total. The van der Waals surface area contributed by atoms with E-state index in [0.29, 0.717) is 6.61 Å². The Hall–Kier alpha value is -2.82. The molecule has 1 aliphatic rings. The fourth-order valence-corrected chi connectivity index (χ4v) is 4.34. The highest BCUT2D eigenvalue weighted by atomic mass is 16.6. The van der Waals surface area contributed by atoms with Crippen molar-refractivity contribution < 1.29 is 14.2 Å². The number of hydrogen-bond donors (Lipinski definition) is 1. The zero-order chi connectivity index (χ0) is 22.7. The van der Waals surface area contributed by atoms with E-state index in [4.69, 9.17) is 14.2 Å². The van der Waals surface area contributed by atoms with Gasteiger partial charge in [-0.1, -0.05) is 48.5 Å². The maximum atomic E-state index is 6.44. The Bertz CT molecular complexity index is 1080. The highest BCUT2D eigenvalue weighted by Gasteiger charge is 2.45. The molecule has 0 amide bonds. The van der Waals surface area contributed by atoms with E-state index in [9.17, 15) is 0 Å². The lowest BCUT2D eigenvalue weighted by atomic mass is 9.87. The molecule has 4 nitrogen and oxygen atoms in total. The molecule has 4 rings (SSSR count). The maximum absolute atomic E-state index is 6.44. The van der Waals surface area contributed by atoms with Crippen molar-refractivity contribution in [3.63, 3.8) is 0 Å². The summed E-state index contributed by atoms with van der Waals surface area (Å²) in [4.78, 5) is 0. The van der Waals surface area contributed by atoms with Gasteiger partial charge in [0.05, 0.1) is 6.61 Å². The lowest BCUT2D eigenvalue weighted by Crippen LogP contribution is -2.50. The number of rotatable bonds is 7. The van der Waals surface area contributed by atoms with Gasteiger partial charge in [-0.25, -0.2) is 0 Å². The fraction of sp³-hybridized carbons (Fsp3) is 0.357. The Morgan fingerprint density at radius 2 is 1.56 bits per heavy atom. The van der Waals surface area contributed by atoms with Crippen molar-refractivity contribution in [2.45, 2.75) is 58.7 Å². The second kappa shape index (κ2) is 9.35. The molecule has 0 saturated carbocycles. The van der Waals surface area contributed by atoms with Crippen LogP contribution in [0.4, 0.5) is 5.69 Å². The van der Waals surface area contributed by atoms with Gasteiger partial charge in [0.2, 0.25) is 0 Å². The van der Waals surface area contributed by atoms with Crippen LogP contribution in [-0.4, -0.2) is 18.8 Å². The molecule has 4 heteroatoms. The van der Waals surface area contributed by atoms with Crippen LogP contribution in [-0.2, 0) is 22.6 Å². The second-order valence-corrected chi connectivity index (χ2v) is 9.05. The van der Waals surface area contributed by atoms with Crippen molar-refractivity contribution in [3.8, 4) is 5.75 Å². The predicted octanol–water partition coefficient (Wildman–Crippen LogP) is 6.36. The minimum Gasteiger partial charge on any atom is -0.485 e. The number of hydrogen-bond acceptors (Lipinski definition) is 4. The third-order valence-electron chi connectivity index (χ3n) is 6.33. The van der Waals surface area contributed by atoms with Crippen LogP contribution < -0.4 is 10.1 Å². The lowest BCUT2D eigenvalue weighted by molar-refractivity contribution is -0.159. The molecule has 0 spiro atoms. The SMILES string of the molecule is COC1c2cc(NCc3ccccc3C)ccc2OC(C)(C)C1OCc1ccccc1C. The molecule has 3 aromatic rings. The zero-order valence-electron chi connectivity index (χ0n) is 19.6. The van der Waals surface area contributed by atoms with Crippen LogP contribution >= 0.6 is 0 Å². The first-order chi connectivity index (χ1) is 15.4. The Labute approximate surface area is 191 Å². The molecule has 0 radical (unpaired) electrons. The molecule has 3 aromatic carbocycles. The van der Waals surface area contributed by atoms with Gasteiger partial charge in [-0.3, -0.25) is 0 Å². The Kier molecular flexibility index (Phi) is 6.54. The molecular weight excluding hydrogens is 398 g/mol. The summed E-state index contributed by atoms with van der Waals surface area (Å²) in [6.45, 7) is 9.66. The highest BCUT2D eigenvalue weighted by molar-refractivity contribution is 5.54. The summed E-state index contributed by atoms with van der Waals surface area (Å²) < 4.78 is 18.8. The Balaban J connectivity index is 1.55. The number of ether oxygens (including phenoxy) is 3. The Morgan fingerprint density at radius 1 is 0.906 bits per heavy atom. The van der Waals surface area contributed by atoms with Crippen LogP contribution in [0.5, 0.6) is 5.75 Å². The second-order valence-electron chi connectivity index (χ2n) is 9.05. The molecule has 0 bridgehead atoms. The van der Waals surface area contributed by atoms with E-state index in [1.54, 1.807) is 7.11 Å². The van der Waals surface area contributed by atoms with E-state index in [0.717, 1.165) is 23.5 Å². The molecule has 1 heterocycles. The summed E-state index contributed by atoms with van der Waals surface area (Å²) in [5, 5.41) is 3.55. The van der Waals surface area contributed by atoms with Crippen LogP contribution in [0, 0.1) is 13.8 Å². The fourth-order valence-electron chi connectivity index (χ4n) is 4.34. The maximum Gasteiger partial charge on any atom is 0.132 e. The highest BCUT2D eigenvalue weighted by Crippen LogP contribution is 2.44. The van der Waals surface area contributed by atoms with Crippen LogP contribution in [0.3, 0.4) is 0 Å². The van der Waals surface area contributed by atoms with E-state index >= 15 is 0 Å². The summed E-state index contributed by atoms with van der Waals surface area (Å²) in [5.74, 6) is 0.846. The smallest absolute Gasteiger partial charge is 0.132 e. The molecule has 2 atom stereocenters. The third kappa shape index (κ3) is 4.67. The van der Waals surface area contributed by atoms with Crippen molar-refractivity contribution in [2.75, 3.05) is 12.4 Å². The summed E-state index contributed by atoms with van der Waals surface area (Å²) in [6.07, 6.45) is -0.468. The van der Waals surface area contributed by atoms with Gasteiger partial charge in [-0.15, -0.1) is 0 Å². The van der Waals surface area contributed by atoms with Crippen molar-refractivity contribution in [2.24, 2.45) is 0 Å². The molecule has 32 heavy (non-hydrogen) atoms. The molecule has 0 saturated heterocycles. The van der Waals surface area contributed by atoms with E-state index in [1.807, 2.05) is 18.2 Å². The summed E-state index contributed by atoms with van der Waals surface area (Å²) in [6, 6.07) is 23.0. The largest absolute Gasteiger partial charge is 0.485 e. The first-order valence-electron chi connectivity index (χ1n) is 11.2. The zero-order valence-corrected chi connectivity index (χ0v) is 19.6. The van der Waals surface area contributed by atoms with Crippen LogP contribution in [0.2, 0.25) is 0 Å². The predicted molar refractivity (Wildman–Crippen MR) is 129 cm³/mol. The van der Waals surface area contributed by atoms with E-state index in [1.165, 1.54) is 22.3 Å². The van der Waals surface area contributed by atoms with Crippen LogP contribution in [0.1, 0.15) is 47.8 Å². The molecule has 0 fully saturated rings. The normalized spacial score (nSPS) is 19.2.